The lowest BCUT2D eigenvalue weighted by atomic mass is 9.89. The van der Waals surface area contributed by atoms with E-state index in [1.165, 1.54) is 0 Å². The Morgan fingerprint density at radius 1 is 1.32 bits per heavy atom. The lowest BCUT2D eigenvalue weighted by molar-refractivity contribution is 0.0857. The van der Waals surface area contributed by atoms with Crippen molar-refractivity contribution >= 4 is 6.09 Å². The van der Waals surface area contributed by atoms with Gasteiger partial charge in [0.2, 0.25) is 0 Å². The highest BCUT2D eigenvalue weighted by molar-refractivity contribution is 5.67. The second kappa shape index (κ2) is 7.14. The summed E-state index contributed by atoms with van der Waals surface area (Å²) in [5, 5.41) is 8.97. The van der Waals surface area contributed by atoms with Crippen LogP contribution in [-0.2, 0) is 11.3 Å². The van der Waals surface area contributed by atoms with E-state index in [1.54, 1.807) is 11.9 Å². The first-order valence-electron chi connectivity index (χ1n) is 6.47. The molecule has 4 nitrogen and oxygen atoms in total. The first-order chi connectivity index (χ1) is 8.94. The first kappa shape index (κ1) is 15.5. The molecule has 0 atom stereocenters. The van der Waals surface area contributed by atoms with Gasteiger partial charge in [-0.25, -0.2) is 4.79 Å². The molecule has 0 aliphatic rings. The van der Waals surface area contributed by atoms with Crippen LogP contribution in [0, 0.1) is 5.41 Å². The Kier molecular flexibility index (Phi) is 5.83. The van der Waals surface area contributed by atoms with Gasteiger partial charge < -0.3 is 14.7 Å². The topological polar surface area (TPSA) is 49.8 Å². The Hall–Kier alpha value is -1.55. The van der Waals surface area contributed by atoms with Crippen molar-refractivity contribution in [3.8, 4) is 0 Å². The van der Waals surface area contributed by atoms with Crippen LogP contribution in [0.4, 0.5) is 4.79 Å². The van der Waals surface area contributed by atoms with Crippen LogP contribution in [0.25, 0.3) is 0 Å². The molecule has 1 N–H and O–H groups in total. The lowest BCUT2D eigenvalue weighted by Gasteiger charge is -2.29. The number of carbonyl (C=O) groups is 1. The Bertz CT molecular complexity index is 390. The van der Waals surface area contributed by atoms with Crippen LogP contribution < -0.4 is 0 Å². The van der Waals surface area contributed by atoms with Gasteiger partial charge in [-0.2, -0.15) is 0 Å². The van der Waals surface area contributed by atoms with E-state index in [4.69, 9.17) is 9.84 Å². The molecule has 0 radical (unpaired) electrons. The van der Waals surface area contributed by atoms with Gasteiger partial charge in [-0.3, -0.25) is 0 Å². The number of benzene rings is 1. The third kappa shape index (κ3) is 5.75. The van der Waals surface area contributed by atoms with E-state index >= 15 is 0 Å². The van der Waals surface area contributed by atoms with E-state index < -0.39 is 0 Å². The van der Waals surface area contributed by atoms with Crippen LogP contribution >= 0.6 is 0 Å². The monoisotopic (exact) mass is 265 g/mol. The fraction of sp³-hybridized carbons (Fsp3) is 0.533. The predicted molar refractivity (Wildman–Crippen MR) is 74.7 cm³/mol. The Balaban J connectivity index is 2.41. The molecular weight excluding hydrogens is 242 g/mol. The second-order valence-corrected chi connectivity index (χ2v) is 5.53. The fourth-order valence-electron chi connectivity index (χ4n) is 1.92. The summed E-state index contributed by atoms with van der Waals surface area (Å²) >= 11 is 0. The number of ether oxygens (including phenoxy) is 1. The molecule has 0 aliphatic heterocycles. The van der Waals surface area contributed by atoms with Crippen LogP contribution in [0.3, 0.4) is 0 Å². The van der Waals surface area contributed by atoms with Crippen molar-refractivity contribution < 1.29 is 14.6 Å². The number of aliphatic hydroxyl groups excluding tert-OH is 1. The zero-order valence-electron chi connectivity index (χ0n) is 11.9. The number of amides is 1. The molecule has 0 aliphatic carbocycles. The number of aliphatic hydroxyl groups is 1. The summed E-state index contributed by atoms with van der Waals surface area (Å²) in [6, 6.07) is 9.59. The van der Waals surface area contributed by atoms with Crippen LogP contribution in [0.1, 0.15) is 25.8 Å². The SMILES string of the molecule is CN(CC(C)(C)CCO)C(=O)OCc1ccccc1. The molecule has 1 aromatic rings. The minimum atomic E-state index is -0.338. The third-order valence-electron chi connectivity index (χ3n) is 2.97. The zero-order valence-corrected chi connectivity index (χ0v) is 11.9. The van der Waals surface area contributed by atoms with E-state index in [9.17, 15) is 4.79 Å². The van der Waals surface area contributed by atoms with Gasteiger partial charge in [0.15, 0.2) is 0 Å². The van der Waals surface area contributed by atoms with Gasteiger partial charge in [0, 0.05) is 20.2 Å². The molecule has 0 aromatic heterocycles. The quantitative estimate of drug-likeness (QED) is 0.860. The van der Waals surface area contributed by atoms with Crippen LogP contribution in [0.5, 0.6) is 0 Å². The molecule has 0 spiro atoms. The summed E-state index contributed by atoms with van der Waals surface area (Å²) in [5.74, 6) is 0. The molecule has 1 aromatic carbocycles. The van der Waals surface area contributed by atoms with Gasteiger partial charge in [0.25, 0.3) is 0 Å². The Morgan fingerprint density at radius 2 is 1.95 bits per heavy atom. The van der Waals surface area contributed by atoms with E-state index in [1.807, 2.05) is 44.2 Å². The summed E-state index contributed by atoms with van der Waals surface area (Å²) in [5.41, 5.74) is 0.855. The number of nitrogens with zero attached hydrogens (tertiary/aromatic N) is 1. The van der Waals surface area contributed by atoms with Crippen molar-refractivity contribution in [3.05, 3.63) is 35.9 Å². The molecule has 1 rings (SSSR count). The molecule has 4 heteroatoms. The molecule has 0 bridgehead atoms. The zero-order chi connectivity index (χ0) is 14.3. The summed E-state index contributed by atoms with van der Waals surface area (Å²) in [6.07, 6.45) is 0.318. The van der Waals surface area contributed by atoms with Gasteiger partial charge in [0.05, 0.1) is 0 Å². The van der Waals surface area contributed by atoms with Gasteiger partial charge in [0.1, 0.15) is 6.61 Å². The van der Waals surface area contributed by atoms with Crippen molar-refractivity contribution in [3.63, 3.8) is 0 Å². The molecular formula is C15H23NO3. The third-order valence-corrected chi connectivity index (χ3v) is 2.97. The van der Waals surface area contributed by atoms with Crippen molar-refractivity contribution in [1.82, 2.24) is 4.90 Å². The Morgan fingerprint density at radius 3 is 2.53 bits per heavy atom. The normalized spacial score (nSPS) is 11.2. The maximum atomic E-state index is 11.8. The van der Waals surface area contributed by atoms with Crippen LogP contribution in [0.2, 0.25) is 0 Å². The van der Waals surface area contributed by atoms with Crippen LogP contribution in [0.15, 0.2) is 30.3 Å². The fourth-order valence-corrected chi connectivity index (χ4v) is 1.92. The summed E-state index contributed by atoms with van der Waals surface area (Å²) in [6.45, 7) is 5.00. The molecule has 0 heterocycles. The number of carbonyl (C=O) groups excluding carboxylic acids is 1. The highest BCUT2D eigenvalue weighted by Crippen LogP contribution is 2.21. The molecule has 0 saturated carbocycles. The molecule has 0 saturated heterocycles. The minimum Gasteiger partial charge on any atom is -0.445 e. The van der Waals surface area contributed by atoms with Gasteiger partial charge >= 0.3 is 6.09 Å². The molecule has 0 unspecified atom stereocenters. The van der Waals surface area contributed by atoms with Crippen molar-refractivity contribution in [1.29, 1.82) is 0 Å². The smallest absolute Gasteiger partial charge is 0.409 e. The number of hydrogen-bond donors (Lipinski definition) is 1. The highest BCUT2D eigenvalue weighted by Gasteiger charge is 2.22. The molecule has 106 valence electrons. The standard InChI is InChI=1S/C15H23NO3/c1-15(2,9-10-17)12-16(3)14(18)19-11-13-7-5-4-6-8-13/h4-8,17H,9-12H2,1-3H3. The molecule has 1 amide bonds. The van der Waals surface area contributed by atoms with Crippen LogP contribution in [-0.4, -0.2) is 36.3 Å². The Labute approximate surface area is 115 Å². The largest absolute Gasteiger partial charge is 0.445 e. The van der Waals surface area contributed by atoms with E-state index in [0.717, 1.165) is 5.56 Å². The average Bonchev–Trinajstić information content (AvgIpc) is 2.36. The van der Waals surface area contributed by atoms with E-state index in [0.29, 0.717) is 13.0 Å². The predicted octanol–water partition coefficient (Wildman–Crippen LogP) is 2.66. The first-order valence-corrected chi connectivity index (χ1v) is 6.47. The second-order valence-electron chi connectivity index (χ2n) is 5.53. The number of rotatable bonds is 6. The lowest BCUT2D eigenvalue weighted by Crippen LogP contribution is -2.36. The maximum Gasteiger partial charge on any atom is 0.409 e. The molecule has 0 fully saturated rings. The van der Waals surface area contributed by atoms with Crippen molar-refractivity contribution in [2.45, 2.75) is 26.9 Å². The maximum absolute atomic E-state index is 11.8. The summed E-state index contributed by atoms with van der Waals surface area (Å²) in [7, 11) is 1.71. The summed E-state index contributed by atoms with van der Waals surface area (Å²) in [4.78, 5) is 13.4. The number of hydrogen-bond acceptors (Lipinski definition) is 3. The van der Waals surface area contributed by atoms with Crippen molar-refractivity contribution in [2.75, 3.05) is 20.2 Å². The van der Waals surface area contributed by atoms with Crippen molar-refractivity contribution in [2.24, 2.45) is 5.41 Å². The van der Waals surface area contributed by atoms with Gasteiger partial charge in [-0.15, -0.1) is 0 Å². The highest BCUT2D eigenvalue weighted by atomic mass is 16.6. The average molecular weight is 265 g/mol. The molecule has 19 heavy (non-hydrogen) atoms. The van der Waals surface area contributed by atoms with Gasteiger partial charge in [-0.05, 0) is 17.4 Å². The van der Waals surface area contributed by atoms with Gasteiger partial charge in [-0.1, -0.05) is 44.2 Å². The van der Waals surface area contributed by atoms with E-state index in [-0.39, 0.29) is 24.7 Å². The summed E-state index contributed by atoms with van der Waals surface area (Å²) < 4.78 is 5.24. The van der Waals surface area contributed by atoms with E-state index in [2.05, 4.69) is 0 Å². The minimum absolute atomic E-state index is 0.116.